The SMILES string of the molecule is C=CC(=O)N1CCC[C@H](Nc2nc(Nc3ccc(N4CCN(C)CC4)cc3)nc3[nH]ccc23)C1. The molecular formula is C25H32N8O. The largest absolute Gasteiger partial charge is 0.369 e. The third-order valence-corrected chi connectivity index (χ3v) is 6.66. The van der Waals surface area contributed by atoms with Gasteiger partial charge in [0, 0.05) is 62.9 Å². The molecule has 178 valence electrons. The van der Waals surface area contributed by atoms with Crippen LogP contribution in [0.15, 0.2) is 49.2 Å². The standard InChI is InChI=1S/C25H32N8O/c1-3-22(34)33-12-4-5-19(17-33)27-24-21-10-11-26-23(21)29-25(30-24)28-18-6-8-20(9-7-18)32-15-13-31(2)14-16-32/h3,6-11,19H,1,4-5,12-17H2,2H3,(H3,26,27,28,29,30)/t19-/m0/s1. The average molecular weight is 461 g/mol. The lowest BCUT2D eigenvalue weighted by atomic mass is 10.1. The second-order valence-corrected chi connectivity index (χ2v) is 9.07. The fourth-order valence-corrected chi connectivity index (χ4v) is 4.67. The number of carbonyl (C=O) groups is 1. The Morgan fingerprint density at radius 2 is 1.91 bits per heavy atom. The van der Waals surface area contributed by atoms with Gasteiger partial charge in [-0.05, 0) is 56.3 Å². The van der Waals surface area contributed by atoms with E-state index in [0.29, 0.717) is 12.5 Å². The van der Waals surface area contributed by atoms with Crippen LogP contribution in [0, 0.1) is 0 Å². The summed E-state index contributed by atoms with van der Waals surface area (Å²) in [4.78, 5) is 31.3. The zero-order chi connectivity index (χ0) is 23.5. The fraction of sp³-hybridized carbons (Fsp3) is 0.400. The quantitative estimate of drug-likeness (QED) is 0.487. The molecule has 0 radical (unpaired) electrons. The summed E-state index contributed by atoms with van der Waals surface area (Å²) in [6.07, 6.45) is 5.18. The highest BCUT2D eigenvalue weighted by molar-refractivity contribution is 5.89. The van der Waals surface area contributed by atoms with Gasteiger partial charge >= 0.3 is 0 Å². The number of likely N-dealkylation sites (tertiary alicyclic amines) is 1. The second-order valence-electron chi connectivity index (χ2n) is 9.07. The normalized spacial score (nSPS) is 19.3. The third kappa shape index (κ3) is 4.84. The average Bonchev–Trinajstić information content (AvgIpc) is 3.34. The van der Waals surface area contributed by atoms with Gasteiger partial charge in [0.05, 0.1) is 5.39 Å². The molecule has 4 heterocycles. The van der Waals surface area contributed by atoms with Crippen LogP contribution < -0.4 is 15.5 Å². The molecule has 2 fully saturated rings. The lowest BCUT2D eigenvalue weighted by Crippen LogP contribution is -2.44. The number of piperidine rings is 1. The molecule has 9 nitrogen and oxygen atoms in total. The minimum absolute atomic E-state index is 0.0247. The Balaban J connectivity index is 1.31. The lowest BCUT2D eigenvalue weighted by molar-refractivity contribution is -0.127. The summed E-state index contributed by atoms with van der Waals surface area (Å²) in [6, 6.07) is 10.5. The highest BCUT2D eigenvalue weighted by Gasteiger charge is 2.23. The van der Waals surface area contributed by atoms with Gasteiger partial charge in [-0.3, -0.25) is 4.79 Å². The molecule has 2 saturated heterocycles. The molecule has 0 spiro atoms. The highest BCUT2D eigenvalue weighted by atomic mass is 16.2. The second kappa shape index (κ2) is 9.72. The number of piperazine rings is 1. The van der Waals surface area contributed by atoms with E-state index in [-0.39, 0.29) is 11.9 Å². The van der Waals surface area contributed by atoms with E-state index >= 15 is 0 Å². The zero-order valence-electron chi connectivity index (χ0n) is 19.6. The molecule has 0 unspecified atom stereocenters. The van der Waals surface area contributed by atoms with Crippen LogP contribution in [0.4, 0.5) is 23.1 Å². The number of aromatic nitrogens is 3. The number of nitrogens with zero attached hydrogens (tertiary/aromatic N) is 5. The van der Waals surface area contributed by atoms with E-state index in [4.69, 9.17) is 4.98 Å². The van der Waals surface area contributed by atoms with Crippen LogP contribution in [0.5, 0.6) is 0 Å². The van der Waals surface area contributed by atoms with Gasteiger partial charge < -0.3 is 30.3 Å². The highest BCUT2D eigenvalue weighted by Crippen LogP contribution is 2.26. The van der Waals surface area contributed by atoms with Crippen LogP contribution in [0.3, 0.4) is 0 Å². The number of benzene rings is 1. The third-order valence-electron chi connectivity index (χ3n) is 6.66. The van der Waals surface area contributed by atoms with E-state index in [1.807, 2.05) is 17.2 Å². The fourth-order valence-electron chi connectivity index (χ4n) is 4.67. The Bertz CT molecular complexity index is 1150. The van der Waals surface area contributed by atoms with Crippen molar-refractivity contribution in [3.8, 4) is 0 Å². The summed E-state index contributed by atoms with van der Waals surface area (Å²) < 4.78 is 0. The van der Waals surface area contributed by atoms with Gasteiger partial charge in [0.25, 0.3) is 0 Å². The molecule has 1 aromatic carbocycles. The number of aromatic amines is 1. The Kier molecular flexibility index (Phi) is 6.35. The van der Waals surface area contributed by atoms with Crippen LogP contribution in [-0.2, 0) is 4.79 Å². The molecule has 2 aliphatic rings. The topological polar surface area (TPSA) is 92.4 Å². The predicted molar refractivity (Wildman–Crippen MR) is 137 cm³/mol. The zero-order valence-corrected chi connectivity index (χ0v) is 19.6. The summed E-state index contributed by atoms with van der Waals surface area (Å²) in [5, 5.41) is 7.83. The molecule has 3 aromatic rings. The first-order valence-electron chi connectivity index (χ1n) is 11.9. The van der Waals surface area contributed by atoms with Crippen molar-refractivity contribution in [1.29, 1.82) is 0 Å². The number of H-pyrrole nitrogens is 1. The summed E-state index contributed by atoms with van der Waals surface area (Å²) in [6.45, 7) is 9.27. The molecule has 3 N–H and O–H groups in total. The van der Waals surface area contributed by atoms with E-state index < -0.39 is 0 Å². The first-order valence-corrected chi connectivity index (χ1v) is 11.9. The summed E-state index contributed by atoms with van der Waals surface area (Å²) in [5.41, 5.74) is 2.94. The van der Waals surface area contributed by atoms with Crippen molar-refractivity contribution in [3.63, 3.8) is 0 Å². The summed E-state index contributed by atoms with van der Waals surface area (Å²) >= 11 is 0. The van der Waals surface area contributed by atoms with Crippen LogP contribution in [0.25, 0.3) is 11.0 Å². The monoisotopic (exact) mass is 460 g/mol. The smallest absolute Gasteiger partial charge is 0.246 e. The molecule has 0 saturated carbocycles. The minimum Gasteiger partial charge on any atom is -0.369 e. The Morgan fingerprint density at radius 1 is 1.12 bits per heavy atom. The summed E-state index contributed by atoms with van der Waals surface area (Å²) in [7, 11) is 2.17. The van der Waals surface area contributed by atoms with Crippen molar-refractivity contribution >= 4 is 40.1 Å². The molecule has 1 amide bonds. The van der Waals surface area contributed by atoms with E-state index in [1.165, 1.54) is 11.8 Å². The molecule has 2 aliphatic heterocycles. The Labute approximate surface area is 199 Å². The van der Waals surface area contributed by atoms with Gasteiger partial charge in [-0.15, -0.1) is 0 Å². The van der Waals surface area contributed by atoms with Crippen molar-refractivity contribution in [2.45, 2.75) is 18.9 Å². The van der Waals surface area contributed by atoms with Crippen LogP contribution in [-0.4, -0.2) is 83.0 Å². The molecule has 2 aromatic heterocycles. The van der Waals surface area contributed by atoms with Gasteiger partial charge in [-0.25, -0.2) is 0 Å². The Morgan fingerprint density at radius 3 is 2.68 bits per heavy atom. The van der Waals surface area contributed by atoms with Gasteiger partial charge in [-0.1, -0.05) is 6.58 Å². The van der Waals surface area contributed by atoms with E-state index in [0.717, 1.165) is 68.1 Å². The van der Waals surface area contributed by atoms with E-state index in [1.54, 1.807) is 0 Å². The van der Waals surface area contributed by atoms with E-state index in [2.05, 4.69) is 68.3 Å². The number of anilines is 4. The number of carbonyl (C=O) groups excluding carboxylic acids is 1. The maximum atomic E-state index is 12.1. The maximum absolute atomic E-state index is 12.1. The molecule has 0 bridgehead atoms. The number of rotatable bonds is 6. The van der Waals surface area contributed by atoms with Gasteiger partial charge in [0.1, 0.15) is 11.5 Å². The maximum Gasteiger partial charge on any atom is 0.246 e. The van der Waals surface area contributed by atoms with Crippen LogP contribution >= 0.6 is 0 Å². The van der Waals surface area contributed by atoms with Crippen molar-refractivity contribution in [3.05, 3.63) is 49.2 Å². The molecule has 34 heavy (non-hydrogen) atoms. The molecule has 9 heteroatoms. The number of nitrogens with one attached hydrogen (secondary N) is 3. The molecule has 0 aliphatic carbocycles. The predicted octanol–water partition coefficient (Wildman–Crippen LogP) is 3.04. The molecule has 5 rings (SSSR count). The van der Waals surface area contributed by atoms with Crippen molar-refractivity contribution in [2.75, 3.05) is 61.8 Å². The number of hydrogen-bond acceptors (Lipinski definition) is 7. The van der Waals surface area contributed by atoms with E-state index in [9.17, 15) is 4.79 Å². The number of hydrogen-bond donors (Lipinski definition) is 3. The van der Waals surface area contributed by atoms with Crippen molar-refractivity contribution in [2.24, 2.45) is 0 Å². The van der Waals surface area contributed by atoms with Gasteiger partial charge in [0.2, 0.25) is 11.9 Å². The molecular weight excluding hydrogens is 428 g/mol. The van der Waals surface area contributed by atoms with Gasteiger partial charge in [0.15, 0.2) is 0 Å². The minimum atomic E-state index is -0.0247. The first-order chi connectivity index (χ1) is 16.6. The summed E-state index contributed by atoms with van der Waals surface area (Å²) in [5.74, 6) is 1.27. The lowest BCUT2D eigenvalue weighted by Gasteiger charge is -2.34. The molecule has 1 atom stereocenters. The Hall–Kier alpha value is -3.59. The number of fused-ring (bicyclic) bond motifs is 1. The van der Waals surface area contributed by atoms with Crippen LogP contribution in [0.1, 0.15) is 12.8 Å². The van der Waals surface area contributed by atoms with Crippen LogP contribution in [0.2, 0.25) is 0 Å². The van der Waals surface area contributed by atoms with Gasteiger partial charge in [-0.2, -0.15) is 9.97 Å². The van der Waals surface area contributed by atoms with Crippen molar-refractivity contribution < 1.29 is 4.79 Å². The number of amides is 1. The number of likely N-dealkylation sites (N-methyl/N-ethyl adjacent to an activating group) is 1. The first kappa shape index (κ1) is 22.2. The van der Waals surface area contributed by atoms with Crippen molar-refractivity contribution in [1.82, 2.24) is 24.8 Å².